The highest BCUT2D eigenvalue weighted by Gasteiger charge is 2.41. The summed E-state index contributed by atoms with van der Waals surface area (Å²) in [4.78, 5) is 15.0. The van der Waals surface area contributed by atoms with Gasteiger partial charge in [-0.25, -0.2) is 0 Å². The number of carbonyl (C=O) groups is 1. The summed E-state index contributed by atoms with van der Waals surface area (Å²) in [5, 5.41) is 0. The number of nitrogens with zero attached hydrogens (tertiary/aromatic N) is 1. The minimum Gasteiger partial charge on any atom is -0.469 e. The Morgan fingerprint density at radius 1 is 1.45 bits per heavy atom. The maximum atomic E-state index is 13.0. The fourth-order valence-corrected chi connectivity index (χ4v) is 3.88. The molecule has 3 atom stereocenters. The van der Waals surface area contributed by atoms with Crippen molar-refractivity contribution in [3.05, 3.63) is 23.7 Å². The molecule has 5 heteroatoms. The third-order valence-corrected chi connectivity index (χ3v) is 5.02. The highest BCUT2D eigenvalue weighted by atomic mass is 16.5. The maximum Gasteiger partial charge on any atom is 0.257 e. The number of aryl methyl sites for hydroxylation is 1. The van der Waals surface area contributed by atoms with Crippen LogP contribution in [0.1, 0.15) is 42.3 Å². The first-order valence-corrected chi connectivity index (χ1v) is 8.24. The summed E-state index contributed by atoms with van der Waals surface area (Å²) in [6.07, 6.45) is 5.90. The Balaban J connectivity index is 1.82. The Hall–Kier alpha value is -1.33. The van der Waals surface area contributed by atoms with Gasteiger partial charge in [0.1, 0.15) is 5.76 Å². The molecule has 0 aromatic carbocycles. The van der Waals surface area contributed by atoms with Crippen LogP contribution < -0.4 is 0 Å². The molecular weight excluding hydrogens is 282 g/mol. The Morgan fingerprint density at radius 2 is 2.32 bits per heavy atom. The van der Waals surface area contributed by atoms with Gasteiger partial charge >= 0.3 is 0 Å². The van der Waals surface area contributed by atoms with Gasteiger partial charge in [-0.15, -0.1) is 0 Å². The Kier molecular flexibility index (Phi) is 4.84. The Morgan fingerprint density at radius 3 is 3.09 bits per heavy atom. The zero-order valence-electron chi connectivity index (χ0n) is 13.4. The van der Waals surface area contributed by atoms with E-state index in [2.05, 4.69) is 0 Å². The van der Waals surface area contributed by atoms with Gasteiger partial charge in [0.2, 0.25) is 0 Å². The summed E-state index contributed by atoms with van der Waals surface area (Å²) in [5.41, 5.74) is 0.696. The fraction of sp³-hybridized carbons (Fsp3) is 0.706. The van der Waals surface area contributed by atoms with Crippen molar-refractivity contribution in [3.63, 3.8) is 0 Å². The van der Waals surface area contributed by atoms with Crippen LogP contribution in [0.3, 0.4) is 0 Å². The lowest BCUT2D eigenvalue weighted by Crippen LogP contribution is -2.53. The summed E-state index contributed by atoms with van der Waals surface area (Å²) in [7, 11) is 1.77. The SMILES string of the molecule is CCc1occc1C(=O)N1CCOC[C@@H]1[C@@H]1CCC[C@H]1OC. The molecule has 0 N–H and O–H groups in total. The molecule has 22 heavy (non-hydrogen) atoms. The molecule has 1 aromatic heterocycles. The van der Waals surface area contributed by atoms with E-state index in [1.54, 1.807) is 19.4 Å². The standard InChI is InChI=1S/C17H25NO4/c1-3-15-13(7-9-22-15)17(19)18-8-10-21-11-14(18)12-5-4-6-16(12)20-2/h7,9,12,14,16H,3-6,8,10-11H2,1-2H3/t12-,14+,16+/m0/s1. The number of rotatable bonds is 4. The maximum absolute atomic E-state index is 13.0. The average molecular weight is 307 g/mol. The molecule has 1 saturated heterocycles. The number of morpholine rings is 1. The van der Waals surface area contributed by atoms with E-state index in [4.69, 9.17) is 13.9 Å². The first kappa shape index (κ1) is 15.6. The number of ether oxygens (including phenoxy) is 2. The van der Waals surface area contributed by atoms with Gasteiger partial charge in [0.05, 0.1) is 37.2 Å². The predicted octanol–water partition coefficient (Wildman–Crippen LogP) is 2.50. The predicted molar refractivity (Wildman–Crippen MR) is 81.9 cm³/mol. The van der Waals surface area contributed by atoms with E-state index < -0.39 is 0 Å². The molecule has 2 heterocycles. The molecule has 1 amide bonds. The first-order chi connectivity index (χ1) is 10.8. The minimum atomic E-state index is 0.0700. The summed E-state index contributed by atoms with van der Waals surface area (Å²) < 4.78 is 16.7. The van der Waals surface area contributed by atoms with Crippen molar-refractivity contribution in [1.82, 2.24) is 4.90 Å². The molecule has 0 spiro atoms. The minimum absolute atomic E-state index is 0.0700. The van der Waals surface area contributed by atoms with Gasteiger partial charge in [0.25, 0.3) is 5.91 Å². The molecular formula is C17H25NO4. The van der Waals surface area contributed by atoms with E-state index >= 15 is 0 Å². The van der Waals surface area contributed by atoms with Gasteiger partial charge in [-0.1, -0.05) is 13.3 Å². The van der Waals surface area contributed by atoms with Gasteiger partial charge in [-0.2, -0.15) is 0 Å². The van der Waals surface area contributed by atoms with E-state index in [9.17, 15) is 4.79 Å². The van der Waals surface area contributed by atoms with Crippen LogP contribution in [0.4, 0.5) is 0 Å². The van der Waals surface area contributed by atoms with Gasteiger partial charge in [0.15, 0.2) is 0 Å². The summed E-state index contributed by atoms with van der Waals surface area (Å²) >= 11 is 0. The molecule has 122 valence electrons. The van der Waals surface area contributed by atoms with E-state index in [0.717, 1.165) is 31.4 Å². The van der Waals surface area contributed by atoms with Crippen LogP contribution in [0.2, 0.25) is 0 Å². The third-order valence-electron chi connectivity index (χ3n) is 5.02. The smallest absolute Gasteiger partial charge is 0.257 e. The number of amides is 1. The van der Waals surface area contributed by atoms with Crippen LogP contribution in [0.15, 0.2) is 16.7 Å². The normalized spacial score (nSPS) is 29.0. The van der Waals surface area contributed by atoms with Crippen molar-refractivity contribution in [1.29, 1.82) is 0 Å². The number of furan rings is 1. The molecule has 3 rings (SSSR count). The van der Waals surface area contributed by atoms with Crippen molar-refractivity contribution in [2.75, 3.05) is 26.9 Å². The number of carbonyl (C=O) groups excluding carboxylic acids is 1. The van der Waals surface area contributed by atoms with Crippen molar-refractivity contribution in [2.24, 2.45) is 5.92 Å². The molecule has 2 fully saturated rings. The zero-order chi connectivity index (χ0) is 15.5. The monoisotopic (exact) mass is 307 g/mol. The molecule has 0 bridgehead atoms. The largest absolute Gasteiger partial charge is 0.469 e. The second kappa shape index (κ2) is 6.84. The Bertz CT molecular complexity index is 513. The molecule has 5 nitrogen and oxygen atoms in total. The highest BCUT2D eigenvalue weighted by molar-refractivity contribution is 5.95. The molecule has 1 aromatic rings. The average Bonchev–Trinajstić information content (AvgIpc) is 3.22. The van der Waals surface area contributed by atoms with Gasteiger partial charge < -0.3 is 18.8 Å². The lowest BCUT2D eigenvalue weighted by molar-refractivity contribution is -0.0461. The molecule has 0 radical (unpaired) electrons. The van der Waals surface area contributed by atoms with Crippen LogP contribution in [0, 0.1) is 5.92 Å². The molecule has 1 aliphatic heterocycles. The van der Waals surface area contributed by atoms with E-state index in [1.165, 1.54) is 0 Å². The molecule has 1 saturated carbocycles. The summed E-state index contributed by atoms with van der Waals surface area (Å²) in [6, 6.07) is 1.89. The summed E-state index contributed by atoms with van der Waals surface area (Å²) in [5.74, 6) is 1.21. The number of methoxy groups -OCH3 is 1. The van der Waals surface area contributed by atoms with Crippen LogP contribution in [-0.2, 0) is 15.9 Å². The van der Waals surface area contributed by atoms with Gasteiger partial charge in [0, 0.05) is 26.0 Å². The fourth-order valence-electron chi connectivity index (χ4n) is 3.88. The molecule has 2 aliphatic rings. The second-order valence-electron chi connectivity index (χ2n) is 6.12. The lowest BCUT2D eigenvalue weighted by atomic mass is 9.93. The van der Waals surface area contributed by atoms with Crippen LogP contribution in [0.25, 0.3) is 0 Å². The van der Waals surface area contributed by atoms with Crippen molar-refractivity contribution in [3.8, 4) is 0 Å². The van der Waals surface area contributed by atoms with Crippen LogP contribution in [-0.4, -0.2) is 49.8 Å². The van der Waals surface area contributed by atoms with Gasteiger partial charge in [-0.05, 0) is 18.9 Å². The molecule has 1 aliphatic carbocycles. The van der Waals surface area contributed by atoms with Gasteiger partial charge in [-0.3, -0.25) is 4.79 Å². The zero-order valence-corrected chi connectivity index (χ0v) is 13.4. The number of hydrogen-bond acceptors (Lipinski definition) is 4. The quantitative estimate of drug-likeness (QED) is 0.857. The Labute approximate surface area is 131 Å². The summed E-state index contributed by atoms with van der Waals surface area (Å²) in [6.45, 7) is 3.86. The van der Waals surface area contributed by atoms with E-state index in [0.29, 0.717) is 31.2 Å². The van der Waals surface area contributed by atoms with Crippen LogP contribution in [0.5, 0.6) is 0 Å². The van der Waals surface area contributed by atoms with Crippen molar-refractivity contribution in [2.45, 2.75) is 44.8 Å². The third kappa shape index (κ3) is 2.79. The molecule has 0 unspecified atom stereocenters. The van der Waals surface area contributed by atoms with E-state index in [1.807, 2.05) is 11.8 Å². The van der Waals surface area contributed by atoms with Crippen molar-refractivity contribution < 1.29 is 18.7 Å². The first-order valence-electron chi connectivity index (χ1n) is 8.24. The lowest BCUT2D eigenvalue weighted by Gasteiger charge is -2.40. The highest BCUT2D eigenvalue weighted by Crippen LogP contribution is 2.34. The van der Waals surface area contributed by atoms with Crippen LogP contribution >= 0.6 is 0 Å². The number of hydrogen-bond donors (Lipinski definition) is 0. The topological polar surface area (TPSA) is 51.9 Å². The van der Waals surface area contributed by atoms with E-state index in [-0.39, 0.29) is 18.1 Å². The van der Waals surface area contributed by atoms with Crippen molar-refractivity contribution >= 4 is 5.91 Å². The second-order valence-corrected chi connectivity index (χ2v) is 6.12.